The molecule has 0 bridgehead atoms. The Kier molecular flexibility index (Phi) is 8.56. The third-order valence-electron chi connectivity index (χ3n) is 5.47. The number of benzene rings is 2. The molecule has 0 radical (unpaired) electrons. The van der Waals surface area contributed by atoms with Crippen LogP contribution < -0.4 is 0 Å². The molecule has 0 aliphatic rings. The standard InChI is InChI=1S/C24H32N4O3S2/c1-5-7-15-28-22-14-13-20(33(30,31)26(3)4)16-21(22)25-24(28)32-18-23(29)27(6-2)17-19-11-9-8-10-12-19/h8-14,16H,5-7,15,17-18H2,1-4H3. The molecule has 0 saturated heterocycles. The zero-order chi connectivity index (χ0) is 24.0. The summed E-state index contributed by atoms with van der Waals surface area (Å²) in [6.07, 6.45) is 2.00. The monoisotopic (exact) mass is 488 g/mol. The van der Waals surface area contributed by atoms with Crippen LogP contribution in [-0.2, 0) is 27.9 Å². The van der Waals surface area contributed by atoms with Crippen LogP contribution in [0, 0.1) is 0 Å². The lowest BCUT2D eigenvalue weighted by Crippen LogP contribution is -2.31. The van der Waals surface area contributed by atoms with Gasteiger partial charge in [-0.15, -0.1) is 0 Å². The number of unbranched alkanes of at least 4 members (excludes halogenated alkanes) is 1. The number of rotatable bonds is 11. The Morgan fingerprint density at radius 2 is 1.82 bits per heavy atom. The van der Waals surface area contributed by atoms with E-state index in [1.807, 2.05) is 48.2 Å². The van der Waals surface area contributed by atoms with Crippen molar-refractivity contribution >= 4 is 38.7 Å². The summed E-state index contributed by atoms with van der Waals surface area (Å²) >= 11 is 1.41. The minimum atomic E-state index is -3.54. The van der Waals surface area contributed by atoms with E-state index < -0.39 is 10.0 Å². The van der Waals surface area contributed by atoms with Crippen molar-refractivity contribution in [2.45, 2.75) is 49.8 Å². The number of carbonyl (C=O) groups is 1. The molecule has 0 N–H and O–H groups in total. The number of hydrogen-bond acceptors (Lipinski definition) is 5. The van der Waals surface area contributed by atoms with Gasteiger partial charge in [-0.2, -0.15) is 0 Å². The molecular weight excluding hydrogens is 456 g/mol. The number of fused-ring (bicyclic) bond motifs is 1. The summed E-state index contributed by atoms with van der Waals surface area (Å²) in [5.41, 5.74) is 2.61. The molecule has 0 spiro atoms. The van der Waals surface area contributed by atoms with Crippen molar-refractivity contribution in [1.29, 1.82) is 0 Å². The fraction of sp³-hybridized carbons (Fsp3) is 0.417. The summed E-state index contributed by atoms with van der Waals surface area (Å²) in [7, 11) is -0.512. The van der Waals surface area contributed by atoms with Crippen LogP contribution in [0.1, 0.15) is 32.3 Å². The first-order valence-electron chi connectivity index (χ1n) is 11.1. The van der Waals surface area contributed by atoms with Crippen LogP contribution in [0.4, 0.5) is 0 Å². The third kappa shape index (κ3) is 5.96. The fourth-order valence-corrected chi connectivity index (χ4v) is 5.36. The Labute approximate surface area is 200 Å². The van der Waals surface area contributed by atoms with Gasteiger partial charge in [0.1, 0.15) is 0 Å². The highest BCUT2D eigenvalue weighted by molar-refractivity contribution is 7.99. The Morgan fingerprint density at radius 1 is 1.09 bits per heavy atom. The van der Waals surface area contributed by atoms with Gasteiger partial charge < -0.3 is 9.47 Å². The van der Waals surface area contributed by atoms with Gasteiger partial charge in [0.25, 0.3) is 0 Å². The Morgan fingerprint density at radius 3 is 2.45 bits per heavy atom. The van der Waals surface area contributed by atoms with E-state index in [4.69, 9.17) is 4.98 Å². The second-order valence-electron chi connectivity index (χ2n) is 8.02. The van der Waals surface area contributed by atoms with E-state index >= 15 is 0 Å². The lowest BCUT2D eigenvalue weighted by Gasteiger charge is -2.21. The number of sulfonamides is 1. The second-order valence-corrected chi connectivity index (χ2v) is 11.1. The van der Waals surface area contributed by atoms with Crippen LogP contribution in [0.2, 0.25) is 0 Å². The van der Waals surface area contributed by atoms with E-state index in [1.54, 1.807) is 12.1 Å². The zero-order valence-corrected chi connectivity index (χ0v) is 21.3. The van der Waals surface area contributed by atoms with E-state index in [9.17, 15) is 13.2 Å². The highest BCUT2D eigenvalue weighted by Gasteiger charge is 2.21. The van der Waals surface area contributed by atoms with Crippen molar-refractivity contribution in [3.8, 4) is 0 Å². The van der Waals surface area contributed by atoms with Crippen molar-refractivity contribution in [1.82, 2.24) is 18.8 Å². The maximum absolute atomic E-state index is 12.9. The molecule has 1 amide bonds. The van der Waals surface area contributed by atoms with Crippen LogP contribution in [0.15, 0.2) is 58.6 Å². The molecule has 3 aromatic rings. The normalized spacial score (nSPS) is 11.9. The number of hydrogen-bond donors (Lipinski definition) is 0. The number of nitrogens with zero attached hydrogens (tertiary/aromatic N) is 4. The van der Waals surface area contributed by atoms with Gasteiger partial charge in [-0.05, 0) is 37.1 Å². The molecule has 178 valence electrons. The van der Waals surface area contributed by atoms with Crippen LogP contribution >= 0.6 is 11.8 Å². The second kappa shape index (κ2) is 11.2. The van der Waals surface area contributed by atoms with Gasteiger partial charge in [0.2, 0.25) is 15.9 Å². The molecule has 0 unspecified atom stereocenters. The van der Waals surface area contributed by atoms with Gasteiger partial charge in [0.15, 0.2) is 5.16 Å². The topological polar surface area (TPSA) is 75.5 Å². The van der Waals surface area contributed by atoms with E-state index in [-0.39, 0.29) is 16.6 Å². The molecule has 7 nitrogen and oxygen atoms in total. The number of carbonyl (C=O) groups excluding carboxylic acids is 1. The molecule has 0 atom stereocenters. The summed E-state index contributed by atoms with van der Waals surface area (Å²) in [6.45, 7) is 6.08. The maximum atomic E-state index is 12.9. The van der Waals surface area contributed by atoms with Crippen LogP contribution in [0.25, 0.3) is 11.0 Å². The molecular formula is C24H32N4O3S2. The average Bonchev–Trinajstić information content (AvgIpc) is 3.16. The first-order valence-corrected chi connectivity index (χ1v) is 13.6. The van der Waals surface area contributed by atoms with Crippen molar-refractivity contribution in [2.24, 2.45) is 0 Å². The Hall–Kier alpha value is -2.36. The minimum Gasteiger partial charge on any atom is -0.338 e. The molecule has 9 heteroatoms. The molecule has 0 aliphatic heterocycles. The predicted octanol–water partition coefficient (Wildman–Crippen LogP) is 4.23. The molecule has 1 aromatic heterocycles. The number of aromatic nitrogens is 2. The van der Waals surface area contributed by atoms with Crippen molar-refractivity contribution in [3.63, 3.8) is 0 Å². The first kappa shape index (κ1) is 25.3. The Balaban J connectivity index is 1.83. The largest absolute Gasteiger partial charge is 0.338 e. The van der Waals surface area contributed by atoms with E-state index in [1.165, 1.54) is 30.2 Å². The number of imidazole rings is 1. The number of thioether (sulfide) groups is 1. The summed E-state index contributed by atoms with van der Waals surface area (Å²) in [6, 6.07) is 15.0. The van der Waals surface area contributed by atoms with Crippen LogP contribution in [0.3, 0.4) is 0 Å². The van der Waals surface area contributed by atoms with Gasteiger partial charge >= 0.3 is 0 Å². The van der Waals surface area contributed by atoms with Gasteiger partial charge in [-0.3, -0.25) is 4.79 Å². The first-order chi connectivity index (χ1) is 15.8. The SMILES string of the molecule is CCCCn1c(SCC(=O)N(CC)Cc2ccccc2)nc2cc(S(=O)(=O)N(C)C)ccc21. The van der Waals surface area contributed by atoms with E-state index in [0.29, 0.717) is 18.6 Å². The van der Waals surface area contributed by atoms with Crippen molar-refractivity contribution < 1.29 is 13.2 Å². The van der Waals surface area contributed by atoms with Crippen molar-refractivity contribution in [3.05, 3.63) is 54.1 Å². The maximum Gasteiger partial charge on any atom is 0.242 e. The lowest BCUT2D eigenvalue weighted by molar-refractivity contribution is -0.128. The summed E-state index contributed by atoms with van der Waals surface area (Å²) in [5.74, 6) is 0.329. The van der Waals surface area contributed by atoms with Gasteiger partial charge in [-0.1, -0.05) is 55.4 Å². The molecule has 0 saturated carbocycles. The number of amides is 1. The third-order valence-corrected chi connectivity index (χ3v) is 8.25. The van der Waals surface area contributed by atoms with Gasteiger partial charge in [0.05, 0.1) is 21.7 Å². The molecule has 0 fully saturated rings. The molecule has 33 heavy (non-hydrogen) atoms. The fourth-order valence-electron chi connectivity index (χ4n) is 3.50. The zero-order valence-electron chi connectivity index (χ0n) is 19.7. The van der Waals surface area contributed by atoms with Crippen LogP contribution in [0.5, 0.6) is 0 Å². The quantitative estimate of drug-likeness (QED) is 0.378. The van der Waals surface area contributed by atoms with E-state index in [0.717, 1.165) is 35.6 Å². The summed E-state index contributed by atoms with van der Waals surface area (Å²) in [4.78, 5) is 19.7. The van der Waals surface area contributed by atoms with Crippen LogP contribution in [-0.4, -0.2) is 59.5 Å². The van der Waals surface area contributed by atoms with Gasteiger partial charge in [-0.25, -0.2) is 17.7 Å². The minimum absolute atomic E-state index is 0.0522. The number of aryl methyl sites for hydroxylation is 1. The Bertz CT molecular complexity index is 1190. The van der Waals surface area contributed by atoms with Gasteiger partial charge in [0, 0.05) is 33.7 Å². The highest BCUT2D eigenvalue weighted by atomic mass is 32.2. The highest BCUT2D eigenvalue weighted by Crippen LogP contribution is 2.28. The summed E-state index contributed by atoms with van der Waals surface area (Å²) in [5, 5.41) is 0.738. The lowest BCUT2D eigenvalue weighted by atomic mass is 10.2. The molecule has 2 aromatic carbocycles. The average molecular weight is 489 g/mol. The molecule has 1 heterocycles. The van der Waals surface area contributed by atoms with Crippen molar-refractivity contribution in [2.75, 3.05) is 26.4 Å². The smallest absolute Gasteiger partial charge is 0.242 e. The predicted molar refractivity (Wildman–Crippen MR) is 134 cm³/mol. The van der Waals surface area contributed by atoms with E-state index in [2.05, 4.69) is 11.5 Å². The molecule has 3 rings (SSSR count). The summed E-state index contributed by atoms with van der Waals surface area (Å²) < 4.78 is 28.4. The molecule has 0 aliphatic carbocycles.